The van der Waals surface area contributed by atoms with E-state index in [1.165, 1.54) is 0 Å². The van der Waals surface area contributed by atoms with Crippen molar-refractivity contribution in [2.75, 3.05) is 0 Å². The summed E-state index contributed by atoms with van der Waals surface area (Å²) in [7, 11) is 0. The van der Waals surface area contributed by atoms with Crippen LogP contribution in [-0.4, -0.2) is 35.2 Å². The highest BCUT2D eigenvalue weighted by Gasteiger charge is 2.30. The zero-order valence-electron chi connectivity index (χ0n) is 16.4. The van der Waals surface area contributed by atoms with Gasteiger partial charge in [0.1, 0.15) is 18.7 Å². The number of benzene rings is 1. The van der Waals surface area contributed by atoms with Gasteiger partial charge in [-0.3, -0.25) is 4.79 Å². The summed E-state index contributed by atoms with van der Waals surface area (Å²) in [5, 5.41) is 14.4. The summed E-state index contributed by atoms with van der Waals surface area (Å²) in [6.07, 6.45) is 0.271. The van der Waals surface area contributed by atoms with Gasteiger partial charge in [-0.25, -0.2) is 9.59 Å². The molecule has 2 amide bonds. The first kappa shape index (κ1) is 22.5. The summed E-state index contributed by atoms with van der Waals surface area (Å²) >= 11 is 0. The zero-order valence-corrected chi connectivity index (χ0v) is 16.4. The first-order chi connectivity index (χ1) is 12.7. The standard InChI is InChI=1S/C20H30N2O5/c1-5-14(4)17(19(24)25)22-18(23)16(11-13(2)3)21-20(26)27-12-15-9-7-6-8-10-15/h6-10,13-14,16-17H,5,11-12H2,1-4H3,(H,21,26)(H,22,23)(H,24,25)/t14-,16-,17+/m0/s1. The number of alkyl carbamates (subject to hydrolysis) is 1. The second-order valence-electron chi connectivity index (χ2n) is 7.10. The first-order valence-electron chi connectivity index (χ1n) is 9.24. The Morgan fingerprint density at radius 1 is 1.07 bits per heavy atom. The Morgan fingerprint density at radius 3 is 2.22 bits per heavy atom. The lowest BCUT2D eigenvalue weighted by atomic mass is 9.97. The number of hydrogen-bond acceptors (Lipinski definition) is 4. The van der Waals surface area contributed by atoms with Crippen molar-refractivity contribution in [2.24, 2.45) is 11.8 Å². The SMILES string of the molecule is CC[C@H](C)[C@@H](NC(=O)[C@H](CC(C)C)NC(=O)OCc1ccccc1)C(=O)O. The topological polar surface area (TPSA) is 105 Å². The van der Waals surface area contributed by atoms with Crippen molar-refractivity contribution in [3.8, 4) is 0 Å². The van der Waals surface area contributed by atoms with E-state index in [-0.39, 0.29) is 18.4 Å². The van der Waals surface area contributed by atoms with Gasteiger partial charge in [-0.1, -0.05) is 64.4 Å². The van der Waals surface area contributed by atoms with E-state index in [1.54, 1.807) is 6.92 Å². The Balaban J connectivity index is 2.71. The van der Waals surface area contributed by atoms with Crippen LogP contribution in [0.4, 0.5) is 4.79 Å². The summed E-state index contributed by atoms with van der Waals surface area (Å²) in [4.78, 5) is 36.1. The maximum absolute atomic E-state index is 12.6. The molecule has 1 aromatic carbocycles. The summed E-state index contributed by atoms with van der Waals surface area (Å²) in [5.74, 6) is -1.71. The molecule has 27 heavy (non-hydrogen) atoms. The van der Waals surface area contributed by atoms with E-state index in [9.17, 15) is 19.5 Å². The lowest BCUT2D eigenvalue weighted by Crippen LogP contribution is -2.53. The Labute approximate surface area is 160 Å². The predicted octanol–water partition coefficient (Wildman–Crippen LogP) is 2.94. The third-order valence-corrected chi connectivity index (χ3v) is 4.31. The molecule has 1 aromatic rings. The minimum atomic E-state index is -1.09. The highest BCUT2D eigenvalue weighted by Crippen LogP contribution is 2.11. The molecule has 0 radical (unpaired) electrons. The number of amides is 2. The van der Waals surface area contributed by atoms with Crippen molar-refractivity contribution in [2.45, 2.75) is 59.2 Å². The fourth-order valence-electron chi connectivity index (χ4n) is 2.55. The van der Waals surface area contributed by atoms with Gasteiger partial charge in [-0.05, 0) is 23.8 Å². The van der Waals surface area contributed by atoms with Crippen LogP contribution in [0.1, 0.15) is 46.1 Å². The van der Waals surface area contributed by atoms with Crippen molar-refractivity contribution in [1.82, 2.24) is 10.6 Å². The van der Waals surface area contributed by atoms with Gasteiger partial charge >= 0.3 is 12.1 Å². The number of aliphatic carboxylic acids is 1. The van der Waals surface area contributed by atoms with Gasteiger partial charge in [0.25, 0.3) is 0 Å². The Bertz CT molecular complexity index is 618. The lowest BCUT2D eigenvalue weighted by molar-refractivity contribution is -0.143. The summed E-state index contributed by atoms with van der Waals surface area (Å²) < 4.78 is 5.16. The molecule has 3 N–H and O–H groups in total. The molecule has 1 rings (SSSR count). The number of carboxylic acids is 1. The van der Waals surface area contributed by atoms with Gasteiger partial charge in [0, 0.05) is 0 Å². The average molecular weight is 378 g/mol. The quantitative estimate of drug-likeness (QED) is 0.581. The van der Waals surface area contributed by atoms with Gasteiger partial charge in [-0.2, -0.15) is 0 Å². The minimum Gasteiger partial charge on any atom is -0.480 e. The first-order valence-corrected chi connectivity index (χ1v) is 9.24. The van der Waals surface area contributed by atoms with Crippen LogP contribution in [-0.2, 0) is 20.9 Å². The molecular formula is C20H30N2O5. The van der Waals surface area contributed by atoms with Gasteiger partial charge in [-0.15, -0.1) is 0 Å². The van der Waals surface area contributed by atoms with Gasteiger partial charge in [0.05, 0.1) is 0 Å². The molecule has 0 fully saturated rings. The molecule has 7 nitrogen and oxygen atoms in total. The number of carboxylic acid groups (broad SMARTS) is 1. The van der Waals surface area contributed by atoms with E-state index < -0.39 is 30.1 Å². The average Bonchev–Trinajstić information content (AvgIpc) is 2.63. The van der Waals surface area contributed by atoms with Crippen LogP contribution in [0.3, 0.4) is 0 Å². The van der Waals surface area contributed by atoms with E-state index in [0.717, 1.165) is 5.56 Å². The number of nitrogens with one attached hydrogen (secondary N) is 2. The molecule has 3 atom stereocenters. The van der Waals surface area contributed by atoms with Crippen LogP contribution in [0.15, 0.2) is 30.3 Å². The highest BCUT2D eigenvalue weighted by molar-refractivity contribution is 5.89. The number of ether oxygens (including phenoxy) is 1. The molecule has 0 unspecified atom stereocenters. The van der Waals surface area contributed by atoms with E-state index in [4.69, 9.17) is 4.74 Å². The van der Waals surface area contributed by atoms with Crippen molar-refractivity contribution in [3.05, 3.63) is 35.9 Å². The molecule has 150 valence electrons. The predicted molar refractivity (Wildman–Crippen MR) is 102 cm³/mol. The van der Waals surface area contributed by atoms with Crippen molar-refractivity contribution >= 4 is 18.0 Å². The molecule has 0 saturated heterocycles. The van der Waals surface area contributed by atoms with E-state index >= 15 is 0 Å². The fraction of sp³-hybridized carbons (Fsp3) is 0.550. The van der Waals surface area contributed by atoms with Gasteiger partial charge in [0.2, 0.25) is 5.91 Å². The molecule has 0 aliphatic heterocycles. The third kappa shape index (κ3) is 8.11. The minimum absolute atomic E-state index is 0.0906. The number of rotatable bonds is 10. The Morgan fingerprint density at radius 2 is 1.70 bits per heavy atom. The molecule has 0 aliphatic carbocycles. The number of carbonyl (C=O) groups excluding carboxylic acids is 2. The van der Waals surface area contributed by atoms with Crippen LogP contribution >= 0.6 is 0 Å². The van der Waals surface area contributed by atoms with Crippen molar-refractivity contribution in [3.63, 3.8) is 0 Å². The van der Waals surface area contributed by atoms with E-state index in [0.29, 0.717) is 12.8 Å². The maximum atomic E-state index is 12.6. The second-order valence-corrected chi connectivity index (χ2v) is 7.10. The second kappa shape index (κ2) is 11.2. The molecule has 7 heteroatoms. The molecule has 0 bridgehead atoms. The number of hydrogen-bond donors (Lipinski definition) is 3. The molecule has 0 saturated carbocycles. The molecule has 0 spiro atoms. The highest BCUT2D eigenvalue weighted by atomic mass is 16.5. The molecular weight excluding hydrogens is 348 g/mol. The Kier molecular flexibility index (Phi) is 9.33. The van der Waals surface area contributed by atoms with E-state index in [1.807, 2.05) is 51.1 Å². The van der Waals surface area contributed by atoms with Crippen LogP contribution < -0.4 is 10.6 Å². The monoisotopic (exact) mass is 378 g/mol. The maximum Gasteiger partial charge on any atom is 0.408 e. The van der Waals surface area contributed by atoms with Crippen LogP contribution in [0, 0.1) is 11.8 Å². The number of carbonyl (C=O) groups is 3. The van der Waals surface area contributed by atoms with E-state index in [2.05, 4.69) is 10.6 Å². The van der Waals surface area contributed by atoms with Gasteiger partial charge < -0.3 is 20.5 Å². The van der Waals surface area contributed by atoms with Crippen LogP contribution in [0.25, 0.3) is 0 Å². The molecule has 0 heterocycles. The summed E-state index contributed by atoms with van der Waals surface area (Å²) in [6.45, 7) is 7.55. The summed E-state index contributed by atoms with van der Waals surface area (Å²) in [6, 6.07) is 7.34. The van der Waals surface area contributed by atoms with Crippen LogP contribution in [0.5, 0.6) is 0 Å². The lowest BCUT2D eigenvalue weighted by Gasteiger charge is -2.25. The Hall–Kier alpha value is -2.57. The van der Waals surface area contributed by atoms with Crippen LogP contribution in [0.2, 0.25) is 0 Å². The van der Waals surface area contributed by atoms with Gasteiger partial charge in [0.15, 0.2) is 0 Å². The van der Waals surface area contributed by atoms with Crippen molar-refractivity contribution in [1.29, 1.82) is 0 Å². The fourth-order valence-corrected chi connectivity index (χ4v) is 2.55. The molecule has 0 aliphatic rings. The van der Waals surface area contributed by atoms with Crippen molar-refractivity contribution < 1.29 is 24.2 Å². The largest absolute Gasteiger partial charge is 0.480 e. The summed E-state index contributed by atoms with van der Waals surface area (Å²) in [5.41, 5.74) is 0.834. The smallest absolute Gasteiger partial charge is 0.408 e. The normalized spacial score (nSPS) is 14.1. The third-order valence-electron chi connectivity index (χ3n) is 4.31. The molecule has 0 aromatic heterocycles. The zero-order chi connectivity index (χ0) is 20.4.